The molecule has 2 aromatic heterocycles. The number of hydrogen-bond donors (Lipinski definition) is 3. The molecule has 218 valence electrons. The van der Waals surface area contributed by atoms with Gasteiger partial charge in [0.05, 0.1) is 17.0 Å². The molecule has 11 nitrogen and oxygen atoms in total. The number of nitrogens with zero attached hydrogens (tertiary/aromatic N) is 4. The van der Waals surface area contributed by atoms with Crippen molar-refractivity contribution >= 4 is 35.3 Å². The van der Waals surface area contributed by atoms with Crippen LogP contribution in [0.4, 0.5) is 8.78 Å². The lowest BCUT2D eigenvalue weighted by Crippen LogP contribution is -2.50. The molecule has 13 heteroatoms. The van der Waals surface area contributed by atoms with Crippen LogP contribution in [0.2, 0.25) is 0 Å². The second kappa shape index (κ2) is 11.9. The van der Waals surface area contributed by atoms with E-state index in [1.165, 1.54) is 32.5 Å². The Morgan fingerprint density at radius 3 is 2.66 bits per heavy atom. The van der Waals surface area contributed by atoms with E-state index in [1.54, 1.807) is 32.9 Å². The van der Waals surface area contributed by atoms with E-state index >= 15 is 0 Å². The van der Waals surface area contributed by atoms with E-state index in [4.69, 9.17) is 15.6 Å². The number of aliphatic imine (C=N–C) groups is 1. The first kappa shape index (κ1) is 31.0. The quantitative estimate of drug-likeness (QED) is 0.225. The van der Waals surface area contributed by atoms with Crippen molar-refractivity contribution in [1.29, 1.82) is 5.41 Å². The summed E-state index contributed by atoms with van der Waals surface area (Å²) in [5.74, 6) is -5.90. The number of carbonyl (C=O) groups is 3. The molecule has 0 aromatic carbocycles. The Morgan fingerprint density at radius 2 is 2.07 bits per heavy atom. The van der Waals surface area contributed by atoms with Gasteiger partial charge in [-0.15, -0.1) is 0 Å². The Bertz CT molecular complexity index is 1440. The number of carbonyl (C=O) groups excluding carboxylic acids is 3. The highest BCUT2D eigenvalue weighted by Gasteiger charge is 2.51. The first-order valence-electron chi connectivity index (χ1n) is 12.7. The molecule has 3 heterocycles. The second-order valence-corrected chi connectivity index (χ2v) is 10.4. The van der Waals surface area contributed by atoms with Crippen molar-refractivity contribution < 1.29 is 27.6 Å². The van der Waals surface area contributed by atoms with Gasteiger partial charge in [-0.05, 0) is 37.1 Å². The van der Waals surface area contributed by atoms with Gasteiger partial charge in [0, 0.05) is 38.0 Å². The molecule has 1 aliphatic heterocycles. The molecule has 0 saturated carbocycles. The first-order valence-corrected chi connectivity index (χ1v) is 12.7. The van der Waals surface area contributed by atoms with Crippen LogP contribution >= 0.6 is 0 Å². The van der Waals surface area contributed by atoms with Crippen molar-refractivity contribution in [3.05, 3.63) is 54.2 Å². The molecule has 4 N–H and O–H groups in total. The van der Waals surface area contributed by atoms with Gasteiger partial charge in [-0.1, -0.05) is 26.5 Å². The maximum atomic E-state index is 13.9. The summed E-state index contributed by atoms with van der Waals surface area (Å²) in [5.41, 5.74) is 5.39. The summed E-state index contributed by atoms with van der Waals surface area (Å²) < 4.78 is 33.4. The Kier molecular flexibility index (Phi) is 9.00. The first-order chi connectivity index (χ1) is 19.1. The number of allylic oxidation sites excluding steroid dienone is 3. The van der Waals surface area contributed by atoms with Gasteiger partial charge in [0.15, 0.2) is 5.69 Å². The van der Waals surface area contributed by atoms with Gasteiger partial charge in [-0.2, -0.15) is 0 Å². The number of halogens is 2. The van der Waals surface area contributed by atoms with E-state index in [-0.39, 0.29) is 29.5 Å². The van der Waals surface area contributed by atoms with Crippen molar-refractivity contribution in [3.63, 3.8) is 0 Å². The summed E-state index contributed by atoms with van der Waals surface area (Å²) in [6.07, 6.45) is 4.71. The minimum absolute atomic E-state index is 0.0791. The predicted octanol–water partition coefficient (Wildman–Crippen LogP) is 3.49. The van der Waals surface area contributed by atoms with Gasteiger partial charge in [0.2, 0.25) is 17.7 Å². The number of aromatic nitrogens is 2. The van der Waals surface area contributed by atoms with Crippen LogP contribution in [0.3, 0.4) is 0 Å². The molecule has 1 fully saturated rings. The molecule has 1 aliphatic rings. The third-order valence-electron chi connectivity index (χ3n) is 6.98. The largest absolute Gasteiger partial charge is 0.444 e. The summed E-state index contributed by atoms with van der Waals surface area (Å²) in [4.78, 5) is 51.3. The molecule has 0 radical (unpaired) electrons. The molecular formula is C28H33F2N7O4. The van der Waals surface area contributed by atoms with Gasteiger partial charge in [0.1, 0.15) is 18.1 Å². The number of alkyl halides is 2. The average molecular weight is 570 g/mol. The van der Waals surface area contributed by atoms with Crippen LogP contribution in [-0.4, -0.2) is 70.2 Å². The number of likely N-dealkylation sites (tertiary alicyclic amines) is 1. The van der Waals surface area contributed by atoms with E-state index < -0.39 is 47.4 Å². The zero-order valence-corrected chi connectivity index (χ0v) is 23.5. The van der Waals surface area contributed by atoms with E-state index in [0.717, 1.165) is 11.2 Å². The topological polar surface area (TPSA) is 168 Å². The standard InChI is InChI=1S/C28H33F2N7O4/c1-15(2)28(29,30)9-7-16(3)19-11-17(8-10-34-19)25-36-21(14-41-25)24(39)35-20(12-33-6)22(31)37-13-18(23(32)38)27(4,5)26(37)40/h7-8,10-12,14,18,20,31H,1,9,13H2,2-6H3,(H2,32,38)(H,35,39)/b16-7-,31-22?,33-12?. The van der Waals surface area contributed by atoms with E-state index in [1.807, 2.05) is 0 Å². The Balaban J connectivity index is 1.77. The molecule has 41 heavy (non-hydrogen) atoms. The number of hydrogen-bond acceptors (Lipinski definition) is 8. The number of amidine groups is 1. The van der Waals surface area contributed by atoms with Crippen LogP contribution in [-0.2, 0) is 9.59 Å². The Morgan fingerprint density at radius 1 is 1.39 bits per heavy atom. The van der Waals surface area contributed by atoms with Crippen molar-refractivity contribution in [3.8, 4) is 11.5 Å². The zero-order valence-electron chi connectivity index (χ0n) is 23.5. The van der Waals surface area contributed by atoms with Crippen LogP contribution in [0.15, 0.2) is 52.2 Å². The predicted molar refractivity (Wildman–Crippen MR) is 149 cm³/mol. The van der Waals surface area contributed by atoms with Crippen LogP contribution in [0, 0.1) is 16.7 Å². The molecule has 0 spiro atoms. The van der Waals surface area contributed by atoms with Gasteiger partial charge in [0.25, 0.3) is 11.8 Å². The van der Waals surface area contributed by atoms with Crippen LogP contribution < -0.4 is 11.1 Å². The lowest BCUT2D eigenvalue weighted by atomic mass is 9.81. The number of pyridine rings is 1. The molecule has 2 unspecified atom stereocenters. The van der Waals surface area contributed by atoms with Crippen molar-refractivity contribution in [2.75, 3.05) is 13.6 Å². The fourth-order valence-corrected chi connectivity index (χ4v) is 4.20. The molecule has 2 atom stereocenters. The second-order valence-electron chi connectivity index (χ2n) is 10.4. The molecule has 3 amide bonds. The van der Waals surface area contributed by atoms with Crippen molar-refractivity contribution in [2.45, 2.75) is 46.1 Å². The molecule has 2 aromatic rings. The average Bonchev–Trinajstić information content (AvgIpc) is 3.50. The van der Waals surface area contributed by atoms with Gasteiger partial charge >= 0.3 is 0 Å². The molecule has 0 bridgehead atoms. The summed E-state index contributed by atoms with van der Waals surface area (Å²) in [6.45, 7) is 9.30. The minimum atomic E-state index is -3.04. The van der Waals surface area contributed by atoms with E-state index in [2.05, 4.69) is 26.9 Å². The number of nitrogens with two attached hydrogens (primary N) is 1. The maximum Gasteiger partial charge on any atom is 0.274 e. The Hall–Kier alpha value is -4.55. The van der Waals surface area contributed by atoms with Gasteiger partial charge in [-0.25, -0.2) is 13.8 Å². The maximum absolute atomic E-state index is 13.9. The van der Waals surface area contributed by atoms with Gasteiger partial charge in [-0.3, -0.25) is 34.7 Å². The van der Waals surface area contributed by atoms with Crippen molar-refractivity contribution in [1.82, 2.24) is 20.2 Å². The molecular weight excluding hydrogens is 536 g/mol. The van der Waals surface area contributed by atoms with E-state index in [9.17, 15) is 23.2 Å². The number of oxazole rings is 1. The minimum Gasteiger partial charge on any atom is -0.444 e. The van der Waals surface area contributed by atoms with E-state index in [0.29, 0.717) is 16.8 Å². The highest BCUT2D eigenvalue weighted by molar-refractivity contribution is 6.12. The summed E-state index contributed by atoms with van der Waals surface area (Å²) in [6, 6.07) is 2.07. The lowest BCUT2D eigenvalue weighted by molar-refractivity contribution is -0.135. The molecule has 1 saturated heterocycles. The van der Waals surface area contributed by atoms with Crippen molar-refractivity contribution in [2.24, 2.45) is 22.1 Å². The van der Waals surface area contributed by atoms with Crippen LogP contribution in [0.25, 0.3) is 17.0 Å². The fourth-order valence-electron chi connectivity index (χ4n) is 4.20. The number of amides is 3. The molecule has 3 rings (SSSR count). The normalized spacial score (nSPS) is 18.0. The summed E-state index contributed by atoms with van der Waals surface area (Å²) >= 11 is 0. The molecule has 0 aliphatic carbocycles. The highest BCUT2D eigenvalue weighted by atomic mass is 19.3. The third-order valence-corrected chi connectivity index (χ3v) is 6.98. The number of nitrogens with one attached hydrogen (secondary N) is 2. The smallest absolute Gasteiger partial charge is 0.274 e. The number of primary amides is 1. The monoisotopic (exact) mass is 569 g/mol. The lowest BCUT2D eigenvalue weighted by Gasteiger charge is -2.24. The van der Waals surface area contributed by atoms with Gasteiger partial charge < -0.3 is 15.5 Å². The summed E-state index contributed by atoms with van der Waals surface area (Å²) in [7, 11) is 1.44. The SMILES string of the molecule is C=C(C)C(F)(F)C/C=C(/C)c1cc(-c2nc(C(=O)NC(C=NC)C(=N)N3CC(C(N)=O)C(C)(C)C3=O)co2)ccn1. The highest BCUT2D eigenvalue weighted by Crippen LogP contribution is 2.36. The number of rotatable bonds is 10. The third kappa shape index (κ3) is 6.61. The Labute approximate surface area is 236 Å². The van der Waals surface area contributed by atoms with Crippen LogP contribution in [0.1, 0.15) is 50.3 Å². The zero-order chi connectivity index (χ0) is 30.7. The summed E-state index contributed by atoms with van der Waals surface area (Å²) in [5, 5.41) is 11.2. The van der Waals surface area contributed by atoms with Crippen LogP contribution in [0.5, 0.6) is 0 Å². The fraction of sp³-hybridized carbons (Fsp3) is 0.393.